The number of urea groups is 1. The summed E-state index contributed by atoms with van der Waals surface area (Å²) in [6.07, 6.45) is 3.67. The summed E-state index contributed by atoms with van der Waals surface area (Å²) in [5.74, 6) is -0.865. The molecule has 6 nitrogen and oxygen atoms in total. The zero-order valence-electron chi connectivity index (χ0n) is 19.7. The first-order chi connectivity index (χ1) is 17.7. The highest BCUT2D eigenvalue weighted by Crippen LogP contribution is 2.29. The molecule has 37 heavy (non-hydrogen) atoms. The van der Waals surface area contributed by atoms with Crippen LogP contribution in [0.25, 0.3) is 6.08 Å². The number of halogens is 3. The van der Waals surface area contributed by atoms with Gasteiger partial charge in [0.15, 0.2) is 0 Å². The average Bonchev–Trinajstić information content (AvgIpc) is 2.84. The predicted molar refractivity (Wildman–Crippen MR) is 149 cm³/mol. The minimum Gasteiger partial charge on any atom is -0.489 e. The van der Waals surface area contributed by atoms with Crippen LogP contribution in [-0.4, -0.2) is 17.8 Å². The minimum absolute atomic E-state index is 0.161. The lowest BCUT2D eigenvalue weighted by molar-refractivity contribution is -0.122. The van der Waals surface area contributed by atoms with Crippen LogP contribution in [-0.2, 0) is 22.6 Å². The fraction of sp³-hybridized carbons (Fsp3) is 0.107. The average molecular weight is 600 g/mol. The molecule has 0 bridgehead atoms. The van der Waals surface area contributed by atoms with Gasteiger partial charge in [0, 0.05) is 20.1 Å². The van der Waals surface area contributed by atoms with Crippen molar-refractivity contribution in [3.05, 3.63) is 110 Å². The third kappa shape index (κ3) is 5.96. The normalized spacial score (nSPS) is 14.6. The molecule has 0 spiro atoms. The van der Waals surface area contributed by atoms with Crippen molar-refractivity contribution in [2.24, 2.45) is 0 Å². The van der Waals surface area contributed by atoms with Gasteiger partial charge in [-0.3, -0.25) is 14.9 Å². The molecule has 0 aliphatic carbocycles. The summed E-state index contributed by atoms with van der Waals surface area (Å²) in [6, 6.07) is 14.7. The van der Waals surface area contributed by atoms with E-state index in [0.29, 0.717) is 33.5 Å². The number of benzene rings is 3. The number of nitrogens with one attached hydrogen (secondary N) is 1. The van der Waals surface area contributed by atoms with Crippen LogP contribution in [0.2, 0.25) is 10.0 Å². The van der Waals surface area contributed by atoms with E-state index >= 15 is 0 Å². The minimum atomic E-state index is -0.800. The number of aryl methyl sites for hydroxylation is 1. The molecule has 4 amide bonds. The first kappa shape index (κ1) is 26.7. The van der Waals surface area contributed by atoms with E-state index in [9.17, 15) is 14.4 Å². The molecule has 1 aliphatic heterocycles. The number of nitrogens with zero attached hydrogens (tertiary/aromatic N) is 1. The molecule has 0 saturated carbocycles. The third-order valence-electron chi connectivity index (χ3n) is 5.66. The van der Waals surface area contributed by atoms with Gasteiger partial charge in [-0.2, -0.15) is 0 Å². The lowest BCUT2D eigenvalue weighted by atomic mass is 10.0. The number of amides is 4. The van der Waals surface area contributed by atoms with Gasteiger partial charge < -0.3 is 4.74 Å². The fourth-order valence-corrected chi connectivity index (χ4v) is 4.48. The van der Waals surface area contributed by atoms with Crippen molar-refractivity contribution < 1.29 is 19.1 Å². The number of imide groups is 2. The molecular weight excluding hydrogens is 579 g/mol. The maximum absolute atomic E-state index is 13.2. The number of anilines is 1. The maximum Gasteiger partial charge on any atom is 0.335 e. The highest BCUT2D eigenvalue weighted by atomic mass is 79.9. The van der Waals surface area contributed by atoms with Crippen LogP contribution in [0.5, 0.6) is 5.75 Å². The van der Waals surface area contributed by atoms with Crippen molar-refractivity contribution in [2.45, 2.75) is 20.0 Å². The number of ether oxygens (including phenoxy) is 1. The number of barbiturate groups is 1. The summed E-state index contributed by atoms with van der Waals surface area (Å²) in [6.45, 7) is 5.87. The van der Waals surface area contributed by atoms with E-state index in [-0.39, 0.29) is 12.2 Å². The van der Waals surface area contributed by atoms with E-state index < -0.39 is 17.8 Å². The standard InChI is InChI=1S/C28H21BrCl2N2O4/c1-3-4-18-12-17(5-10-25(18)37-15-19-6-7-20(30)14-24(19)31)13-22-26(34)32-28(36)33(27(22)35)21-8-9-23(29)16(2)11-21/h3,5-14H,1,4,15H2,2H3,(H,32,34,36)/b22-13+. The molecule has 0 radical (unpaired) electrons. The number of hydrogen-bond donors (Lipinski definition) is 1. The Bertz CT molecular complexity index is 1470. The molecule has 0 atom stereocenters. The van der Waals surface area contributed by atoms with Gasteiger partial charge >= 0.3 is 6.03 Å². The van der Waals surface area contributed by atoms with E-state index in [4.69, 9.17) is 27.9 Å². The summed E-state index contributed by atoms with van der Waals surface area (Å²) in [7, 11) is 0. The molecule has 4 rings (SSSR count). The fourth-order valence-electron chi connectivity index (χ4n) is 3.77. The summed E-state index contributed by atoms with van der Waals surface area (Å²) < 4.78 is 6.83. The highest BCUT2D eigenvalue weighted by molar-refractivity contribution is 9.10. The van der Waals surface area contributed by atoms with Crippen molar-refractivity contribution in [3.8, 4) is 5.75 Å². The van der Waals surface area contributed by atoms with Gasteiger partial charge in [-0.05, 0) is 78.6 Å². The molecule has 1 saturated heterocycles. The lowest BCUT2D eigenvalue weighted by Crippen LogP contribution is -2.54. The second-order valence-electron chi connectivity index (χ2n) is 8.28. The maximum atomic E-state index is 13.2. The van der Waals surface area contributed by atoms with E-state index in [1.165, 1.54) is 6.08 Å². The molecule has 1 fully saturated rings. The summed E-state index contributed by atoms with van der Waals surface area (Å²) in [5.41, 5.74) is 3.21. The Morgan fingerprint density at radius 1 is 1.03 bits per heavy atom. The number of hydrogen-bond acceptors (Lipinski definition) is 4. The van der Waals surface area contributed by atoms with Crippen molar-refractivity contribution >= 4 is 68.7 Å². The van der Waals surface area contributed by atoms with E-state index in [1.807, 2.05) is 6.92 Å². The van der Waals surface area contributed by atoms with E-state index in [0.717, 1.165) is 26.1 Å². The van der Waals surface area contributed by atoms with Gasteiger partial charge in [-0.1, -0.05) is 57.3 Å². The first-order valence-corrected chi connectivity index (χ1v) is 12.7. The van der Waals surface area contributed by atoms with Crippen LogP contribution in [0.4, 0.5) is 10.5 Å². The van der Waals surface area contributed by atoms with Gasteiger partial charge in [0.1, 0.15) is 17.9 Å². The summed E-state index contributed by atoms with van der Waals surface area (Å²) in [4.78, 5) is 39.3. The lowest BCUT2D eigenvalue weighted by Gasteiger charge is -2.26. The van der Waals surface area contributed by atoms with Crippen molar-refractivity contribution in [1.82, 2.24) is 5.32 Å². The Hall–Kier alpha value is -3.39. The Balaban J connectivity index is 1.62. The summed E-state index contributed by atoms with van der Waals surface area (Å²) >= 11 is 15.6. The van der Waals surface area contributed by atoms with E-state index in [2.05, 4.69) is 27.8 Å². The van der Waals surface area contributed by atoms with Gasteiger partial charge in [0.05, 0.1) is 5.69 Å². The van der Waals surface area contributed by atoms with Crippen LogP contribution in [0.15, 0.2) is 77.3 Å². The molecule has 188 valence electrons. The highest BCUT2D eigenvalue weighted by Gasteiger charge is 2.37. The Labute approximate surface area is 232 Å². The third-order valence-corrected chi connectivity index (χ3v) is 7.14. The number of carbonyl (C=O) groups is 3. The van der Waals surface area contributed by atoms with Crippen LogP contribution < -0.4 is 15.0 Å². The number of allylic oxidation sites excluding steroid dienone is 1. The van der Waals surface area contributed by atoms with Crippen LogP contribution in [0.3, 0.4) is 0 Å². The zero-order chi connectivity index (χ0) is 26.7. The molecule has 9 heteroatoms. The van der Waals surface area contributed by atoms with Gasteiger partial charge in [0.2, 0.25) is 0 Å². The number of carbonyl (C=O) groups excluding carboxylic acids is 3. The van der Waals surface area contributed by atoms with Gasteiger partial charge in [0.25, 0.3) is 11.8 Å². The van der Waals surface area contributed by atoms with Crippen LogP contribution >= 0.6 is 39.1 Å². The number of rotatable bonds is 7. The van der Waals surface area contributed by atoms with Gasteiger partial charge in [-0.25, -0.2) is 9.69 Å². The molecule has 1 N–H and O–H groups in total. The Kier molecular flexibility index (Phi) is 8.17. The molecule has 0 unspecified atom stereocenters. The van der Waals surface area contributed by atoms with Crippen molar-refractivity contribution in [1.29, 1.82) is 0 Å². The predicted octanol–water partition coefficient (Wildman–Crippen LogP) is 7.04. The second kappa shape index (κ2) is 11.3. The topological polar surface area (TPSA) is 75.7 Å². The largest absolute Gasteiger partial charge is 0.489 e. The molecule has 3 aromatic rings. The molecule has 1 heterocycles. The van der Waals surface area contributed by atoms with E-state index in [1.54, 1.807) is 60.7 Å². The monoisotopic (exact) mass is 598 g/mol. The Morgan fingerprint density at radius 2 is 1.81 bits per heavy atom. The van der Waals surface area contributed by atoms with Gasteiger partial charge in [-0.15, -0.1) is 6.58 Å². The van der Waals surface area contributed by atoms with Crippen molar-refractivity contribution in [3.63, 3.8) is 0 Å². The SMILES string of the molecule is C=CCc1cc(/C=C2\C(=O)NC(=O)N(c3ccc(Br)c(C)c3)C2=O)ccc1OCc1ccc(Cl)cc1Cl. The molecule has 1 aliphatic rings. The smallest absolute Gasteiger partial charge is 0.335 e. The molecular formula is C28H21BrCl2N2O4. The zero-order valence-corrected chi connectivity index (χ0v) is 22.8. The quantitative estimate of drug-likeness (QED) is 0.180. The second-order valence-corrected chi connectivity index (χ2v) is 9.97. The Morgan fingerprint density at radius 3 is 2.51 bits per heavy atom. The van der Waals surface area contributed by atoms with Crippen LogP contribution in [0.1, 0.15) is 22.3 Å². The molecule has 0 aromatic heterocycles. The molecule has 3 aromatic carbocycles. The summed E-state index contributed by atoms with van der Waals surface area (Å²) in [5, 5.41) is 3.28. The van der Waals surface area contributed by atoms with Crippen LogP contribution in [0, 0.1) is 6.92 Å². The van der Waals surface area contributed by atoms with Crippen molar-refractivity contribution in [2.75, 3.05) is 4.90 Å². The first-order valence-electron chi connectivity index (χ1n) is 11.2.